The highest BCUT2D eigenvalue weighted by atomic mass is 35.5. The number of ether oxygens (including phenoxy) is 1. The maximum Gasteiger partial charge on any atom is 0.249 e. The molecule has 0 N–H and O–H groups in total. The number of halogens is 2. The molecule has 5 nitrogen and oxygen atoms in total. The van der Waals surface area contributed by atoms with Crippen LogP contribution in [0.4, 0.5) is 5.69 Å². The molecule has 23 heavy (non-hydrogen) atoms. The second-order valence-corrected chi connectivity index (χ2v) is 6.79. The summed E-state index contributed by atoms with van der Waals surface area (Å²) in [7, 11) is 0. The van der Waals surface area contributed by atoms with Crippen molar-refractivity contribution in [2.45, 2.75) is 39.2 Å². The second-order valence-electron chi connectivity index (χ2n) is 5.98. The number of nitrogens with zero attached hydrogens (tertiary/aromatic N) is 3. The van der Waals surface area contributed by atoms with Gasteiger partial charge in [0.15, 0.2) is 0 Å². The van der Waals surface area contributed by atoms with Crippen LogP contribution in [0, 0.1) is 0 Å². The number of hydrogen-bond donors (Lipinski definition) is 0. The van der Waals surface area contributed by atoms with Crippen molar-refractivity contribution >= 4 is 40.6 Å². The van der Waals surface area contributed by atoms with Gasteiger partial charge in [0.2, 0.25) is 5.91 Å². The molecule has 1 saturated heterocycles. The molecule has 7 heteroatoms. The van der Waals surface area contributed by atoms with Gasteiger partial charge in [-0.1, -0.05) is 23.2 Å². The van der Waals surface area contributed by atoms with Gasteiger partial charge in [0.25, 0.3) is 0 Å². The quantitative estimate of drug-likeness (QED) is 0.825. The fraction of sp³-hybridized carbons (Fsp3) is 0.500. The Labute approximate surface area is 145 Å². The van der Waals surface area contributed by atoms with Crippen LogP contribution < -0.4 is 9.75 Å². The molecule has 0 atom stereocenters. The van der Waals surface area contributed by atoms with Crippen molar-refractivity contribution in [2.75, 3.05) is 18.1 Å². The third-order valence-corrected chi connectivity index (χ3v) is 4.41. The molecule has 2 aliphatic heterocycles. The van der Waals surface area contributed by atoms with Gasteiger partial charge in [-0.05, 0) is 32.8 Å². The third kappa shape index (κ3) is 3.40. The Kier molecular flexibility index (Phi) is 4.69. The molecular formula is C16H19Cl2N3O2. The molecule has 0 spiro atoms. The van der Waals surface area contributed by atoms with Crippen molar-refractivity contribution in [1.29, 1.82) is 0 Å². The summed E-state index contributed by atoms with van der Waals surface area (Å²) in [5.41, 5.74) is 0.637. The van der Waals surface area contributed by atoms with Gasteiger partial charge in [-0.2, -0.15) is 5.10 Å². The van der Waals surface area contributed by atoms with Crippen LogP contribution in [0.5, 0.6) is 5.75 Å². The third-order valence-electron chi connectivity index (χ3n) is 3.81. The van der Waals surface area contributed by atoms with E-state index in [0.29, 0.717) is 21.5 Å². The first-order chi connectivity index (χ1) is 11.0. The Morgan fingerprint density at radius 1 is 1.22 bits per heavy atom. The van der Waals surface area contributed by atoms with Crippen molar-refractivity contribution in [3.8, 4) is 5.75 Å². The molecule has 2 heterocycles. The number of hydrazone groups is 1. The van der Waals surface area contributed by atoms with Crippen molar-refractivity contribution in [1.82, 2.24) is 4.90 Å². The topological polar surface area (TPSA) is 45.1 Å². The molecule has 124 valence electrons. The van der Waals surface area contributed by atoms with E-state index in [1.807, 2.05) is 13.8 Å². The SMILES string of the molecule is CC(C)Oc1cc(N2CC(=O)N3CCCCC3=N2)c(Cl)cc1Cl. The van der Waals surface area contributed by atoms with Gasteiger partial charge >= 0.3 is 0 Å². The predicted molar refractivity (Wildman–Crippen MR) is 92.6 cm³/mol. The highest BCUT2D eigenvalue weighted by Gasteiger charge is 2.30. The molecule has 0 saturated carbocycles. The van der Waals surface area contributed by atoms with Crippen LogP contribution in [0.15, 0.2) is 17.2 Å². The van der Waals surface area contributed by atoms with E-state index in [0.717, 1.165) is 31.6 Å². The number of benzene rings is 1. The zero-order valence-corrected chi connectivity index (χ0v) is 14.7. The highest BCUT2D eigenvalue weighted by Crippen LogP contribution is 2.37. The maximum atomic E-state index is 12.4. The number of fused-ring (bicyclic) bond motifs is 1. The number of piperidine rings is 1. The number of carbonyl (C=O) groups is 1. The first-order valence-electron chi connectivity index (χ1n) is 7.77. The smallest absolute Gasteiger partial charge is 0.249 e. The number of amidine groups is 1. The summed E-state index contributed by atoms with van der Waals surface area (Å²) < 4.78 is 5.70. The Morgan fingerprint density at radius 3 is 2.74 bits per heavy atom. The van der Waals surface area contributed by atoms with Gasteiger partial charge in [0.1, 0.15) is 18.1 Å². The van der Waals surface area contributed by atoms with E-state index in [1.54, 1.807) is 22.0 Å². The minimum absolute atomic E-state index is 0.00957. The molecule has 0 radical (unpaired) electrons. The second kappa shape index (κ2) is 6.57. The van der Waals surface area contributed by atoms with Gasteiger partial charge in [-0.15, -0.1) is 0 Å². The minimum Gasteiger partial charge on any atom is -0.489 e. The summed E-state index contributed by atoms with van der Waals surface area (Å²) in [6.45, 7) is 4.78. The predicted octanol–water partition coefficient (Wildman–Crippen LogP) is 3.93. The molecule has 2 aliphatic rings. The number of carbonyl (C=O) groups excluding carboxylic acids is 1. The van der Waals surface area contributed by atoms with E-state index in [-0.39, 0.29) is 18.6 Å². The normalized spacial score (nSPS) is 18.1. The molecule has 0 aromatic heterocycles. The van der Waals surface area contributed by atoms with E-state index in [4.69, 9.17) is 27.9 Å². The fourth-order valence-electron chi connectivity index (χ4n) is 2.78. The average Bonchev–Trinajstić information content (AvgIpc) is 2.49. The Hall–Kier alpha value is -1.46. The van der Waals surface area contributed by atoms with Crippen molar-refractivity contribution in [3.63, 3.8) is 0 Å². The van der Waals surface area contributed by atoms with Crippen LogP contribution in [0.1, 0.15) is 33.1 Å². The summed E-state index contributed by atoms with van der Waals surface area (Å²) in [5.74, 6) is 1.40. The minimum atomic E-state index is -0.00957. The Balaban J connectivity index is 1.96. The van der Waals surface area contributed by atoms with E-state index in [9.17, 15) is 4.79 Å². The number of anilines is 1. The van der Waals surface area contributed by atoms with Crippen LogP contribution in [-0.2, 0) is 4.79 Å². The van der Waals surface area contributed by atoms with Crippen LogP contribution in [-0.4, -0.2) is 35.8 Å². The molecule has 1 amide bonds. The number of hydrogen-bond acceptors (Lipinski definition) is 4. The lowest BCUT2D eigenvalue weighted by Crippen LogP contribution is -2.50. The van der Waals surface area contributed by atoms with Gasteiger partial charge < -0.3 is 4.74 Å². The van der Waals surface area contributed by atoms with E-state index < -0.39 is 0 Å². The molecule has 0 aliphatic carbocycles. The molecule has 0 unspecified atom stereocenters. The van der Waals surface area contributed by atoms with Crippen LogP contribution >= 0.6 is 23.2 Å². The van der Waals surface area contributed by atoms with Crippen LogP contribution in [0.25, 0.3) is 0 Å². The van der Waals surface area contributed by atoms with Crippen molar-refractivity contribution in [2.24, 2.45) is 5.10 Å². The lowest BCUT2D eigenvalue weighted by molar-refractivity contribution is -0.126. The first kappa shape index (κ1) is 16.4. The summed E-state index contributed by atoms with van der Waals surface area (Å²) in [6.07, 6.45) is 2.87. The van der Waals surface area contributed by atoms with E-state index >= 15 is 0 Å². The molecular weight excluding hydrogens is 337 g/mol. The van der Waals surface area contributed by atoms with Crippen molar-refractivity contribution in [3.05, 3.63) is 22.2 Å². The zero-order valence-electron chi connectivity index (χ0n) is 13.2. The molecule has 0 bridgehead atoms. The summed E-state index contributed by atoms with van der Waals surface area (Å²) in [6, 6.07) is 3.38. The molecule has 3 rings (SSSR count). The lowest BCUT2D eigenvalue weighted by atomic mass is 10.1. The van der Waals surface area contributed by atoms with Crippen molar-refractivity contribution < 1.29 is 9.53 Å². The van der Waals surface area contributed by atoms with Gasteiger partial charge in [0, 0.05) is 19.0 Å². The number of amides is 1. The highest BCUT2D eigenvalue weighted by molar-refractivity contribution is 6.37. The summed E-state index contributed by atoms with van der Waals surface area (Å²) in [5, 5.41) is 7.15. The standard InChI is InChI=1S/C16H19Cl2N3O2/c1-10(2)23-14-8-13(11(17)7-12(14)18)21-9-16(22)20-6-4-3-5-15(20)19-21/h7-8,10H,3-6,9H2,1-2H3. The molecule has 1 aromatic rings. The van der Waals surface area contributed by atoms with E-state index in [1.165, 1.54) is 0 Å². The van der Waals surface area contributed by atoms with Gasteiger partial charge in [-0.25, -0.2) is 0 Å². The largest absolute Gasteiger partial charge is 0.489 e. The van der Waals surface area contributed by atoms with Crippen LogP contribution in [0.3, 0.4) is 0 Å². The monoisotopic (exact) mass is 355 g/mol. The molecule has 1 fully saturated rings. The average molecular weight is 356 g/mol. The van der Waals surface area contributed by atoms with E-state index in [2.05, 4.69) is 5.10 Å². The summed E-state index contributed by atoms with van der Waals surface area (Å²) in [4.78, 5) is 14.1. The van der Waals surface area contributed by atoms with Gasteiger partial charge in [0.05, 0.1) is 21.8 Å². The summed E-state index contributed by atoms with van der Waals surface area (Å²) >= 11 is 12.5. The fourth-order valence-corrected chi connectivity index (χ4v) is 3.30. The zero-order chi connectivity index (χ0) is 16.6. The lowest BCUT2D eigenvalue weighted by Gasteiger charge is -2.36. The molecule has 1 aromatic carbocycles. The van der Waals surface area contributed by atoms with Gasteiger partial charge in [-0.3, -0.25) is 14.7 Å². The first-order valence-corrected chi connectivity index (χ1v) is 8.52. The number of rotatable bonds is 3. The maximum absolute atomic E-state index is 12.4. The Morgan fingerprint density at radius 2 is 2.00 bits per heavy atom. The Bertz CT molecular complexity index is 661. The van der Waals surface area contributed by atoms with Crippen LogP contribution in [0.2, 0.25) is 10.0 Å².